The Kier molecular flexibility index (Phi) is 5.20. The van der Waals surface area contributed by atoms with Crippen LogP contribution in [0.4, 0.5) is 0 Å². The van der Waals surface area contributed by atoms with Gasteiger partial charge in [0.1, 0.15) is 0 Å². The number of aryl methyl sites for hydroxylation is 1. The third-order valence-electron chi connectivity index (χ3n) is 3.19. The van der Waals surface area contributed by atoms with E-state index in [0.29, 0.717) is 18.0 Å². The zero-order valence-electron chi connectivity index (χ0n) is 11.6. The highest BCUT2D eigenvalue weighted by molar-refractivity contribution is 6.17. The summed E-state index contributed by atoms with van der Waals surface area (Å²) in [6, 6.07) is 0. The third-order valence-corrected chi connectivity index (χ3v) is 3.46. The number of nitrogens with one attached hydrogen (secondary N) is 1. The first-order chi connectivity index (χ1) is 8.37. The van der Waals surface area contributed by atoms with Crippen LogP contribution in [0.15, 0.2) is 6.20 Å². The first kappa shape index (κ1) is 15.0. The van der Waals surface area contributed by atoms with Crippen LogP contribution in [0, 0.1) is 12.3 Å². The Morgan fingerprint density at radius 2 is 2.22 bits per heavy atom. The van der Waals surface area contributed by atoms with E-state index in [0.717, 1.165) is 18.5 Å². The molecule has 0 radical (unpaired) electrons. The molecule has 1 rings (SSSR count). The van der Waals surface area contributed by atoms with Crippen LogP contribution in [0.5, 0.6) is 0 Å². The van der Waals surface area contributed by atoms with E-state index in [4.69, 9.17) is 11.6 Å². The first-order valence-corrected chi connectivity index (χ1v) is 6.73. The predicted molar refractivity (Wildman–Crippen MR) is 74.0 cm³/mol. The SMILES string of the molecule is Cc1c(C(=O)NCC(C)(C)CCCCl)cnn1C. The number of hydrogen-bond acceptors (Lipinski definition) is 2. The van der Waals surface area contributed by atoms with Crippen molar-refractivity contribution in [2.24, 2.45) is 12.5 Å². The van der Waals surface area contributed by atoms with Crippen molar-refractivity contribution in [1.82, 2.24) is 15.1 Å². The molecule has 1 aromatic rings. The van der Waals surface area contributed by atoms with E-state index >= 15 is 0 Å². The number of carbonyl (C=O) groups excluding carboxylic acids is 1. The molecule has 18 heavy (non-hydrogen) atoms. The highest BCUT2D eigenvalue weighted by Gasteiger charge is 2.20. The fourth-order valence-electron chi connectivity index (χ4n) is 1.77. The van der Waals surface area contributed by atoms with Gasteiger partial charge in [0.25, 0.3) is 5.91 Å². The average molecular weight is 272 g/mol. The number of amides is 1. The lowest BCUT2D eigenvalue weighted by Crippen LogP contribution is -2.34. The highest BCUT2D eigenvalue weighted by Crippen LogP contribution is 2.21. The molecule has 1 heterocycles. The van der Waals surface area contributed by atoms with Gasteiger partial charge in [-0.25, -0.2) is 0 Å². The molecular weight excluding hydrogens is 250 g/mol. The monoisotopic (exact) mass is 271 g/mol. The molecule has 4 nitrogen and oxygen atoms in total. The summed E-state index contributed by atoms with van der Waals surface area (Å²) in [7, 11) is 1.83. The van der Waals surface area contributed by atoms with Gasteiger partial charge in [-0.1, -0.05) is 13.8 Å². The lowest BCUT2D eigenvalue weighted by Gasteiger charge is -2.24. The molecule has 0 spiro atoms. The van der Waals surface area contributed by atoms with Crippen molar-refractivity contribution in [2.45, 2.75) is 33.6 Å². The van der Waals surface area contributed by atoms with Crippen LogP contribution in [0.25, 0.3) is 0 Å². The maximum absolute atomic E-state index is 12.0. The molecule has 5 heteroatoms. The number of aromatic nitrogens is 2. The van der Waals surface area contributed by atoms with Crippen molar-refractivity contribution >= 4 is 17.5 Å². The molecule has 0 aromatic carbocycles. The van der Waals surface area contributed by atoms with Gasteiger partial charge >= 0.3 is 0 Å². The summed E-state index contributed by atoms with van der Waals surface area (Å²) in [4.78, 5) is 12.0. The van der Waals surface area contributed by atoms with Crippen LogP contribution in [0.1, 0.15) is 42.7 Å². The smallest absolute Gasteiger partial charge is 0.254 e. The minimum atomic E-state index is -0.0560. The van der Waals surface area contributed by atoms with Gasteiger partial charge in [0.2, 0.25) is 0 Å². The molecule has 0 aliphatic heterocycles. The van der Waals surface area contributed by atoms with Gasteiger partial charge in [-0.15, -0.1) is 11.6 Å². The fraction of sp³-hybridized carbons (Fsp3) is 0.692. The van der Waals surface area contributed by atoms with Crippen molar-refractivity contribution in [2.75, 3.05) is 12.4 Å². The normalized spacial score (nSPS) is 11.6. The quantitative estimate of drug-likeness (QED) is 0.808. The summed E-state index contributed by atoms with van der Waals surface area (Å²) >= 11 is 5.69. The van der Waals surface area contributed by atoms with Gasteiger partial charge < -0.3 is 5.32 Å². The largest absolute Gasteiger partial charge is 0.351 e. The lowest BCUT2D eigenvalue weighted by molar-refractivity contribution is 0.0934. The van der Waals surface area contributed by atoms with Crippen molar-refractivity contribution in [3.05, 3.63) is 17.5 Å². The maximum atomic E-state index is 12.0. The Hall–Kier alpha value is -1.03. The van der Waals surface area contributed by atoms with Crippen LogP contribution in [0.3, 0.4) is 0 Å². The van der Waals surface area contributed by atoms with E-state index in [9.17, 15) is 4.79 Å². The highest BCUT2D eigenvalue weighted by atomic mass is 35.5. The van der Waals surface area contributed by atoms with E-state index in [1.807, 2.05) is 14.0 Å². The van der Waals surface area contributed by atoms with E-state index in [2.05, 4.69) is 24.3 Å². The number of nitrogens with zero attached hydrogens (tertiary/aromatic N) is 2. The number of carbonyl (C=O) groups is 1. The molecule has 102 valence electrons. The van der Waals surface area contributed by atoms with Crippen molar-refractivity contribution < 1.29 is 4.79 Å². The van der Waals surface area contributed by atoms with Gasteiger partial charge in [0.05, 0.1) is 11.8 Å². The van der Waals surface area contributed by atoms with Crippen molar-refractivity contribution in [3.8, 4) is 0 Å². The number of halogens is 1. The summed E-state index contributed by atoms with van der Waals surface area (Å²) in [5.41, 5.74) is 1.59. The Balaban J connectivity index is 2.53. The van der Waals surface area contributed by atoms with Crippen LogP contribution in [-0.2, 0) is 7.05 Å². The summed E-state index contributed by atoms with van der Waals surface area (Å²) in [5, 5.41) is 7.04. The molecule has 0 aliphatic carbocycles. The van der Waals surface area contributed by atoms with E-state index in [1.165, 1.54) is 0 Å². The van der Waals surface area contributed by atoms with Gasteiger partial charge in [-0.05, 0) is 25.2 Å². The Morgan fingerprint density at radius 3 is 2.72 bits per heavy atom. The molecule has 0 saturated carbocycles. The summed E-state index contributed by atoms with van der Waals surface area (Å²) in [5.74, 6) is 0.610. The lowest BCUT2D eigenvalue weighted by atomic mass is 9.88. The second-order valence-corrected chi connectivity index (χ2v) is 5.78. The van der Waals surface area contributed by atoms with Crippen molar-refractivity contribution in [1.29, 1.82) is 0 Å². The molecule has 1 aromatic heterocycles. The average Bonchev–Trinajstić information content (AvgIpc) is 2.65. The second kappa shape index (κ2) is 6.23. The van der Waals surface area contributed by atoms with Gasteiger partial charge in [-0.3, -0.25) is 9.48 Å². The fourth-order valence-corrected chi connectivity index (χ4v) is 1.90. The van der Waals surface area contributed by atoms with Crippen molar-refractivity contribution in [3.63, 3.8) is 0 Å². The molecule has 0 unspecified atom stereocenters. The minimum Gasteiger partial charge on any atom is -0.351 e. The van der Waals surface area contributed by atoms with E-state index in [1.54, 1.807) is 10.9 Å². The van der Waals surface area contributed by atoms with Gasteiger partial charge in [0, 0.05) is 25.2 Å². The third kappa shape index (κ3) is 4.02. The Morgan fingerprint density at radius 1 is 1.56 bits per heavy atom. The minimum absolute atomic E-state index is 0.0560. The number of alkyl halides is 1. The Bertz CT molecular complexity index is 412. The molecule has 0 aliphatic rings. The predicted octanol–water partition coefficient (Wildman–Crippen LogP) is 2.50. The van der Waals surface area contributed by atoms with Crippen LogP contribution in [0.2, 0.25) is 0 Å². The van der Waals surface area contributed by atoms with Gasteiger partial charge in [0.15, 0.2) is 0 Å². The molecule has 0 bridgehead atoms. The van der Waals surface area contributed by atoms with E-state index in [-0.39, 0.29) is 11.3 Å². The Labute approximate surface area is 114 Å². The first-order valence-electron chi connectivity index (χ1n) is 6.20. The second-order valence-electron chi connectivity index (χ2n) is 5.41. The summed E-state index contributed by atoms with van der Waals surface area (Å²) < 4.78 is 1.70. The number of hydrogen-bond donors (Lipinski definition) is 1. The van der Waals surface area contributed by atoms with Crippen LogP contribution >= 0.6 is 11.6 Å². The van der Waals surface area contributed by atoms with Crippen LogP contribution < -0.4 is 5.32 Å². The zero-order valence-corrected chi connectivity index (χ0v) is 12.3. The molecule has 0 saturated heterocycles. The summed E-state index contributed by atoms with van der Waals surface area (Å²) in [6.07, 6.45) is 3.58. The van der Waals surface area contributed by atoms with E-state index < -0.39 is 0 Å². The molecular formula is C13H22ClN3O. The maximum Gasteiger partial charge on any atom is 0.254 e. The molecule has 1 amide bonds. The van der Waals surface area contributed by atoms with Gasteiger partial charge in [-0.2, -0.15) is 5.10 Å². The zero-order chi connectivity index (χ0) is 13.8. The summed E-state index contributed by atoms with van der Waals surface area (Å²) in [6.45, 7) is 6.81. The molecule has 0 fully saturated rings. The number of rotatable bonds is 6. The standard InChI is InChI=1S/C13H22ClN3O/c1-10-11(8-16-17(10)4)12(18)15-9-13(2,3)6-5-7-14/h8H,5-7,9H2,1-4H3,(H,15,18). The molecule has 1 N–H and O–H groups in total. The molecule has 0 atom stereocenters. The topological polar surface area (TPSA) is 46.9 Å². The van der Waals surface area contributed by atoms with Crippen LogP contribution in [-0.4, -0.2) is 28.1 Å².